The van der Waals surface area contributed by atoms with Crippen LogP contribution in [-0.4, -0.2) is 38.9 Å². The van der Waals surface area contributed by atoms with Gasteiger partial charge in [0.15, 0.2) is 10.8 Å². The molecule has 29 heavy (non-hydrogen) atoms. The molecule has 12 heteroatoms. The Labute approximate surface area is 171 Å². The minimum atomic E-state index is -4.52. The highest BCUT2D eigenvalue weighted by molar-refractivity contribution is 7.16. The van der Waals surface area contributed by atoms with Gasteiger partial charge in [0.1, 0.15) is 5.82 Å². The van der Waals surface area contributed by atoms with Crippen molar-refractivity contribution in [2.75, 3.05) is 23.3 Å². The van der Waals surface area contributed by atoms with Gasteiger partial charge in [-0.3, -0.25) is 4.79 Å². The van der Waals surface area contributed by atoms with Crippen LogP contribution in [0.1, 0.15) is 16.4 Å². The van der Waals surface area contributed by atoms with Gasteiger partial charge in [0, 0.05) is 18.5 Å². The monoisotopic (exact) mass is 440 g/mol. The van der Waals surface area contributed by atoms with Crippen molar-refractivity contribution in [3.63, 3.8) is 0 Å². The van der Waals surface area contributed by atoms with Gasteiger partial charge in [0.25, 0.3) is 0 Å². The summed E-state index contributed by atoms with van der Waals surface area (Å²) < 4.78 is 37.6. The molecule has 0 radical (unpaired) electrons. The Morgan fingerprint density at radius 2 is 1.97 bits per heavy atom. The van der Waals surface area contributed by atoms with Crippen molar-refractivity contribution in [1.82, 2.24) is 19.9 Å². The van der Waals surface area contributed by atoms with Crippen LogP contribution in [0.4, 0.5) is 24.1 Å². The number of hydrogen-bond acceptors (Lipinski definition) is 8. The molecule has 3 aromatic heterocycles. The molecule has 4 heterocycles. The normalized spacial score (nSPS) is 14.7. The second-order valence-electron chi connectivity index (χ2n) is 6.53. The molecular formula is C17H15F3N6OS2. The summed E-state index contributed by atoms with van der Waals surface area (Å²) in [6.45, 7) is 4.57. The van der Waals surface area contributed by atoms with Crippen LogP contribution in [0.5, 0.6) is 0 Å². The fourth-order valence-corrected chi connectivity index (χ4v) is 4.53. The number of nitrogens with one attached hydrogen (secondary N) is 1. The van der Waals surface area contributed by atoms with E-state index >= 15 is 0 Å². The number of nitrogens with zero attached hydrogens (tertiary/aromatic N) is 5. The molecule has 0 unspecified atom stereocenters. The Kier molecular flexibility index (Phi) is 4.99. The van der Waals surface area contributed by atoms with E-state index in [4.69, 9.17) is 0 Å². The molecule has 3 aromatic rings. The van der Waals surface area contributed by atoms with Gasteiger partial charge in [0.2, 0.25) is 5.91 Å². The fraction of sp³-hybridized carbons (Fsp3) is 0.353. The Bertz CT molecular complexity index is 1040. The molecule has 1 aliphatic rings. The molecule has 0 bridgehead atoms. The van der Waals surface area contributed by atoms with Crippen LogP contribution in [0.15, 0.2) is 17.8 Å². The average Bonchev–Trinajstić information content (AvgIpc) is 3.19. The van der Waals surface area contributed by atoms with Gasteiger partial charge in [-0.15, -0.1) is 22.7 Å². The van der Waals surface area contributed by atoms with Gasteiger partial charge in [-0.1, -0.05) is 0 Å². The highest BCUT2D eigenvalue weighted by atomic mass is 32.1. The molecule has 152 valence electrons. The van der Waals surface area contributed by atoms with Crippen molar-refractivity contribution in [2.45, 2.75) is 20.0 Å². The zero-order chi connectivity index (χ0) is 20.8. The Morgan fingerprint density at radius 3 is 2.55 bits per heavy atom. The molecule has 0 aromatic carbocycles. The number of amides is 1. The molecule has 7 nitrogen and oxygen atoms in total. The van der Waals surface area contributed by atoms with Crippen LogP contribution in [0.2, 0.25) is 0 Å². The number of carbonyl (C=O) groups is 1. The topological polar surface area (TPSA) is 83.9 Å². The van der Waals surface area contributed by atoms with Crippen molar-refractivity contribution in [2.24, 2.45) is 5.92 Å². The summed E-state index contributed by atoms with van der Waals surface area (Å²) in [6, 6.07) is 0. The van der Waals surface area contributed by atoms with Crippen molar-refractivity contribution in [1.29, 1.82) is 0 Å². The van der Waals surface area contributed by atoms with E-state index in [2.05, 4.69) is 25.3 Å². The van der Waals surface area contributed by atoms with Crippen LogP contribution in [0.3, 0.4) is 0 Å². The summed E-state index contributed by atoms with van der Waals surface area (Å²) in [5.41, 5.74) is 0.647. The first-order chi connectivity index (χ1) is 13.7. The van der Waals surface area contributed by atoms with Crippen molar-refractivity contribution in [3.05, 3.63) is 34.2 Å². The summed E-state index contributed by atoms with van der Waals surface area (Å²) in [7, 11) is 0. The van der Waals surface area contributed by atoms with Crippen LogP contribution in [0.25, 0.3) is 10.6 Å². The van der Waals surface area contributed by atoms with E-state index in [0.29, 0.717) is 30.2 Å². The maximum atomic E-state index is 12.5. The maximum Gasteiger partial charge on any atom is 0.434 e. The summed E-state index contributed by atoms with van der Waals surface area (Å²) in [6.07, 6.45) is -2.75. The molecule has 0 atom stereocenters. The smallest absolute Gasteiger partial charge is 0.354 e. The summed E-state index contributed by atoms with van der Waals surface area (Å²) in [5, 5.41) is 6.14. The number of aromatic nitrogens is 4. The second kappa shape index (κ2) is 7.34. The minimum absolute atomic E-state index is 0.181. The lowest BCUT2D eigenvalue weighted by atomic mass is 9.99. The van der Waals surface area contributed by atoms with Crippen molar-refractivity contribution in [3.8, 4) is 10.6 Å². The van der Waals surface area contributed by atoms with Crippen molar-refractivity contribution >= 4 is 39.5 Å². The number of hydrogen-bond donors (Lipinski definition) is 1. The van der Waals surface area contributed by atoms with Crippen LogP contribution >= 0.6 is 22.7 Å². The molecule has 4 rings (SSSR count). The van der Waals surface area contributed by atoms with E-state index < -0.39 is 11.9 Å². The van der Waals surface area contributed by atoms with Gasteiger partial charge in [0.05, 0.1) is 39.6 Å². The summed E-state index contributed by atoms with van der Waals surface area (Å²) >= 11 is 2.89. The van der Waals surface area contributed by atoms with Crippen LogP contribution < -0.4 is 10.2 Å². The number of anilines is 2. The predicted octanol–water partition coefficient (Wildman–Crippen LogP) is 3.77. The first kappa shape index (κ1) is 19.7. The zero-order valence-corrected chi connectivity index (χ0v) is 17.0. The molecule has 1 fully saturated rings. The lowest BCUT2D eigenvalue weighted by molar-refractivity contribution is -0.141. The predicted molar refractivity (Wildman–Crippen MR) is 104 cm³/mol. The van der Waals surface area contributed by atoms with Gasteiger partial charge < -0.3 is 10.2 Å². The minimum Gasteiger partial charge on any atom is -0.354 e. The molecule has 1 aliphatic heterocycles. The van der Waals surface area contributed by atoms with Crippen molar-refractivity contribution < 1.29 is 18.0 Å². The second-order valence-corrected chi connectivity index (χ2v) is 8.60. The van der Waals surface area contributed by atoms with Crippen LogP contribution in [0, 0.1) is 19.8 Å². The number of thiazole rings is 2. The third-order valence-corrected chi connectivity index (χ3v) is 6.23. The first-order valence-electron chi connectivity index (χ1n) is 8.55. The fourth-order valence-electron chi connectivity index (χ4n) is 2.87. The summed E-state index contributed by atoms with van der Waals surface area (Å²) in [4.78, 5) is 31.1. The standard InChI is InChI=1S/C17H15F3N6OS2/c1-8-14(29-9(2)23-8)11-7-28-16(24-11)25-15(27)10-5-26(6-10)13-4-21-12(3-22-13)17(18,19)20/h3-4,7,10H,5-6H2,1-2H3,(H,24,25,27). The molecule has 0 saturated carbocycles. The highest BCUT2D eigenvalue weighted by Crippen LogP contribution is 2.33. The number of aryl methyl sites for hydroxylation is 2. The molecule has 0 aliphatic carbocycles. The van der Waals surface area contributed by atoms with Gasteiger partial charge in [-0.25, -0.2) is 19.9 Å². The Balaban J connectivity index is 1.34. The lowest BCUT2D eigenvalue weighted by Crippen LogP contribution is -2.52. The maximum absolute atomic E-state index is 12.5. The van der Waals surface area contributed by atoms with Gasteiger partial charge in [-0.05, 0) is 13.8 Å². The van der Waals surface area contributed by atoms with E-state index in [1.54, 1.807) is 16.2 Å². The Hall–Kier alpha value is -2.60. The summed E-state index contributed by atoms with van der Waals surface area (Å²) in [5.74, 6) is -0.160. The zero-order valence-electron chi connectivity index (χ0n) is 15.3. The van der Waals surface area contributed by atoms with E-state index in [1.165, 1.54) is 11.3 Å². The highest BCUT2D eigenvalue weighted by Gasteiger charge is 2.36. The van der Waals surface area contributed by atoms with Crippen LogP contribution in [-0.2, 0) is 11.0 Å². The number of halogens is 3. The number of rotatable bonds is 4. The average molecular weight is 440 g/mol. The molecule has 1 saturated heterocycles. The largest absolute Gasteiger partial charge is 0.434 e. The third kappa shape index (κ3) is 4.08. The lowest BCUT2D eigenvalue weighted by Gasteiger charge is -2.38. The van der Waals surface area contributed by atoms with E-state index in [1.807, 2.05) is 19.2 Å². The van der Waals surface area contributed by atoms with Gasteiger partial charge in [-0.2, -0.15) is 13.2 Å². The molecule has 1 amide bonds. The molecule has 0 spiro atoms. The van der Waals surface area contributed by atoms with E-state index in [-0.39, 0.29) is 11.8 Å². The SMILES string of the molecule is Cc1nc(C)c(-c2csc(NC(=O)C3CN(c4cnc(C(F)(F)F)cn4)C3)n2)s1. The first-order valence-corrected chi connectivity index (χ1v) is 10.3. The molecule has 1 N–H and O–H groups in total. The quantitative estimate of drug-likeness (QED) is 0.665. The Morgan fingerprint density at radius 1 is 1.21 bits per heavy atom. The van der Waals surface area contributed by atoms with Gasteiger partial charge >= 0.3 is 6.18 Å². The number of carbonyl (C=O) groups excluding carboxylic acids is 1. The van der Waals surface area contributed by atoms with E-state index in [9.17, 15) is 18.0 Å². The number of alkyl halides is 3. The van der Waals surface area contributed by atoms with E-state index in [0.717, 1.165) is 27.5 Å². The molecular weight excluding hydrogens is 425 g/mol. The third-order valence-electron chi connectivity index (χ3n) is 4.38.